The van der Waals surface area contributed by atoms with Gasteiger partial charge in [0, 0.05) is 38.7 Å². The lowest BCUT2D eigenvalue weighted by atomic mass is 9.85. The highest BCUT2D eigenvalue weighted by Crippen LogP contribution is 2.29. The number of nitrogens with zero attached hydrogens (tertiary/aromatic N) is 4. The van der Waals surface area contributed by atoms with Crippen LogP contribution in [0.4, 0.5) is 4.39 Å². The van der Waals surface area contributed by atoms with Gasteiger partial charge in [-0.2, -0.15) is 0 Å². The van der Waals surface area contributed by atoms with E-state index in [4.69, 9.17) is 4.74 Å². The maximum Gasteiger partial charge on any atom is 0.274 e. The number of aromatic nitrogens is 2. The first-order valence-corrected chi connectivity index (χ1v) is 16.1. The van der Waals surface area contributed by atoms with Crippen LogP contribution in [0, 0.1) is 24.1 Å². The summed E-state index contributed by atoms with van der Waals surface area (Å²) in [7, 11) is 1.80. The molecule has 248 valence electrons. The van der Waals surface area contributed by atoms with Gasteiger partial charge < -0.3 is 24.4 Å². The molecule has 0 bridgehead atoms. The number of ether oxygens (including phenoxy) is 1. The van der Waals surface area contributed by atoms with E-state index in [2.05, 4.69) is 10.3 Å². The number of benzene rings is 2. The zero-order chi connectivity index (χ0) is 33.6. The smallest absolute Gasteiger partial charge is 0.274 e. The molecule has 0 unspecified atom stereocenters. The number of hydrogen-bond acceptors (Lipinski definition) is 5. The van der Waals surface area contributed by atoms with E-state index in [-0.39, 0.29) is 48.1 Å². The zero-order valence-corrected chi connectivity index (χ0v) is 28.1. The number of halogens is 1. The fourth-order valence-electron chi connectivity index (χ4n) is 5.63. The molecule has 46 heavy (non-hydrogen) atoms. The number of imidazole rings is 1. The number of rotatable bonds is 12. The molecule has 0 saturated carbocycles. The third-order valence-electron chi connectivity index (χ3n) is 8.67. The molecule has 9 nitrogen and oxygen atoms in total. The summed E-state index contributed by atoms with van der Waals surface area (Å²) in [6.45, 7) is 12.5. The Bertz CT molecular complexity index is 1480. The summed E-state index contributed by atoms with van der Waals surface area (Å²) in [5.74, 6) is -0.464. The monoisotopic (exact) mass is 633 g/mol. The van der Waals surface area contributed by atoms with E-state index < -0.39 is 11.5 Å². The molecule has 2 heterocycles. The minimum atomic E-state index is -0.770. The standard InChI is InChI=1S/C36H48FN5O4/c1-8-25(3)33(43)39-32(36(4,5)6)35(45)42-21-30(46-29-15-9-24(2)10-16-29)19-28(42)20-41(34(44)31-22-40(7)23-38-31)18-17-26-11-13-27(37)14-12-26/h9-16,22-23,25,28,30,32H,8,17-21H2,1-7H3,(H,39,43)/t25-,28+,30+,32-/m1/s1. The molecule has 4 rings (SSSR count). The van der Waals surface area contributed by atoms with Crippen molar-refractivity contribution in [3.05, 3.63) is 83.7 Å². The van der Waals surface area contributed by atoms with Crippen LogP contribution < -0.4 is 10.1 Å². The molecule has 1 fully saturated rings. The summed E-state index contributed by atoms with van der Waals surface area (Å²) < 4.78 is 21.7. The molecule has 1 aliphatic rings. The summed E-state index contributed by atoms with van der Waals surface area (Å²) in [6, 6.07) is 12.9. The van der Waals surface area contributed by atoms with Gasteiger partial charge in [-0.3, -0.25) is 14.4 Å². The van der Waals surface area contributed by atoms with Gasteiger partial charge in [0.1, 0.15) is 29.4 Å². The molecular formula is C36H48FN5O4. The van der Waals surface area contributed by atoms with Gasteiger partial charge in [0.05, 0.1) is 18.9 Å². The van der Waals surface area contributed by atoms with E-state index in [1.165, 1.54) is 12.1 Å². The number of likely N-dealkylation sites (tertiary alicyclic amines) is 1. The van der Waals surface area contributed by atoms with Crippen molar-refractivity contribution in [2.45, 2.75) is 79.0 Å². The Morgan fingerprint density at radius 1 is 1.11 bits per heavy atom. The van der Waals surface area contributed by atoms with E-state index in [0.29, 0.717) is 43.8 Å². The molecule has 3 amide bonds. The number of carbonyl (C=O) groups is 3. The van der Waals surface area contributed by atoms with Gasteiger partial charge >= 0.3 is 0 Å². The van der Waals surface area contributed by atoms with Crippen molar-refractivity contribution in [1.29, 1.82) is 0 Å². The van der Waals surface area contributed by atoms with Crippen LogP contribution in [0.3, 0.4) is 0 Å². The zero-order valence-electron chi connectivity index (χ0n) is 28.1. The summed E-state index contributed by atoms with van der Waals surface area (Å²) in [4.78, 5) is 49.1. The predicted octanol–water partition coefficient (Wildman–Crippen LogP) is 5.18. The number of amides is 3. The third-order valence-corrected chi connectivity index (χ3v) is 8.67. The Kier molecular flexibility index (Phi) is 11.2. The minimum absolute atomic E-state index is 0.162. The molecule has 10 heteroatoms. The van der Waals surface area contributed by atoms with Crippen LogP contribution in [0.2, 0.25) is 0 Å². The molecule has 1 saturated heterocycles. The van der Waals surface area contributed by atoms with E-state index in [1.54, 1.807) is 46.1 Å². The van der Waals surface area contributed by atoms with Gasteiger partial charge in [0.2, 0.25) is 11.8 Å². The highest BCUT2D eigenvalue weighted by Gasteiger charge is 2.44. The molecule has 1 N–H and O–H groups in total. The average molecular weight is 634 g/mol. The summed E-state index contributed by atoms with van der Waals surface area (Å²) in [5.41, 5.74) is 1.74. The Balaban J connectivity index is 1.64. The first-order chi connectivity index (χ1) is 21.7. The molecule has 2 aromatic carbocycles. The number of nitrogens with one attached hydrogen (secondary N) is 1. The molecule has 0 spiro atoms. The highest BCUT2D eigenvalue weighted by molar-refractivity contribution is 5.92. The van der Waals surface area contributed by atoms with Crippen LogP contribution in [0.25, 0.3) is 0 Å². The lowest BCUT2D eigenvalue weighted by molar-refractivity contribution is -0.141. The fraction of sp³-hybridized carbons (Fsp3) is 0.500. The van der Waals surface area contributed by atoms with E-state index >= 15 is 0 Å². The normalized spacial score (nSPS) is 17.8. The first kappa shape index (κ1) is 34.7. The Labute approximate surface area is 272 Å². The lowest BCUT2D eigenvalue weighted by Crippen LogP contribution is -2.58. The third kappa shape index (κ3) is 8.95. The van der Waals surface area contributed by atoms with Gasteiger partial charge in [0.25, 0.3) is 5.91 Å². The fourth-order valence-corrected chi connectivity index (χ4v) is 5.63. The van der Waals surface area contributed by atoms with Gasteiger partial charge in [0.15, 0.2) is 0 Å². The first-order valence-electron chi connectivity index (χ1n) is 16.1. The van der Waals surface area contributed by atoms with Crippen LogP contribution in [-0.4, -0.2) is 74.9 Å². The topological polar surface area (TPSA) is 96.8 Å². The number of aryl methyl sites for hydroxylation is 2. The summed E-state index contributed by atoms with van der Waals surface area (Å²) in [6.07, 6.45) is 4.60. The molecule has 0 aliphatic carbocycles. The quantitative estimate of drug-likeness (QED) is 0.297. The van der Waals surface area contributed by atoms with Crippen molar-refractivity contribution in [2.75, 3.05) is 19.6 Å². The van der Waals surface area contributed by atoms with Gasteiger partial charge in [-0.05, 0) is 55.0 Å². The van der Waals surface area contributed by atoms with Gasteiger partial charge in [-0.25, -0.2) is 9.37 Å². The molecule has 0 radical (unpaired) electrons. The van der Waals surface area contributed by atoms with Crippen molar-refractivity contribution in [1.82, 2.24) is 24.7 Å². The van der Waals surface area contributed by atoms with Crippen LogP contribution >= 0.6 is 0 Å². The molecule has 1 aromatic heterocycles. The lowest BCUT2D eigenvalue weighted by Gasteiger charge is -2.37. The van der Waals surface area contributed by atoms with Crippen molar-refractivity contribution < 1.29 is 23.5 Å². The van der Waals surface area contributed by atoms with Crippen molar-refractivity contribution in [3.63, 3.8) is 0 Å². The highest BCUT2D eigenvalue weighted by atomic mass is 19.1. The number of hydrogen-bond donors (Lipinski definition) is 1. The predicted molar refractivity (Wildman–Crippen MR) is 176 cm³/mol. The summed E-state index contributed by atoms with van der Waals surface area (Å²) in [5, 5.41) is 3.04. The van der Waals surface area contributed by atoms with Crippen LogP contribution in [0.5, 0.6) is 5.75 Å². The van der Waals surface area contributed by atoms with Crippen LogP contribution in [0.15, 0.2) is 61.1 Å². The Morgan fingerprint density at radius 3 is 2.37 bits per heavy atom. The molecular weight excluding hydrogens is 585 g/mol. The Hall–Kier alpha value is -4.21. The van der Waals surface area contributed by atoms with E-state index in [9.17, 15) is 18.8 Å². The van der Waals surface area contributed by atoms with Crippen LogP contribution in [0.1, 0.15) is 69.1 Å². The second kappa shape index (κ2) is 14.9. The molecule has 3 aromatic rings. The second-order valence-electron chi connectivity index (χ2n) is 13.6. The average Bonchev–Trinajstić information content (AvgIpc) is 3.63. The SMILES string of the molecule is CC[C@@H](C)C(=O)N[C@H](C(=O)N1C[C@@H](Oc2ccc(C)cc2)C[C@H]1CN(CCc1ccc(F)cc1)C(=O)c1cn(C)cn1)C(C)(C)C. The van der Waals surface area contributed by atoms with Gasteiger partial charge in [-0.1, -0.05) is 64.4 Å². The Morgan fingerprint density at radius 2 is 1.78 bits per heavy atom. The van der Waals surface area contributed by atoms with E-state index in [1.807, 2.05) is 65.8 Å². The van der Waals surface area contributed by atoms with Gasteiger partial charge in [-0.15, -0.1) is 0 Å². The maximum absolute atomic E-state index is 14.4. The molecule has 4 atom stereocenters. The van der Waals surface area contributed by atoms with Crippen LogP contribution in [-0.2, 0) is 23.1 Å². The summed E-state index contributed by atoms with van der Waals surface area (Å²) >= 11 is 0. The molecule has 1 aliphatic heterocycles. The van der Waals surface area contributed by atoms with E-state index in [0.717, 1.165) is 11.1 Å². The van der Waals surface area contributed by atoms with Crippen molar-refractivity contribution in [2.24, 2.45) is 18.4 Å². The van der Waals surface area contributed by atoms with Crippen molar-refractivity contribution >= 4 is 17.7 Å². The van der Waals surface area contributed by atoms with Crippen molar-refractivity contribution in [3.8, 4) is 5.75 Å². The number of carbonyl (C=O) groups excluding carboxylic acids is 3. The maximum atomic E-state index is 14.4. The largest absolute Gasteiger partial charge is 0.489 e. The minimum Gasteiger partial charge on any atom is -0.489 e. The second-order valence-corrected chi connectivity index (χ2v) is 13.6.